The van der Waals surface area contributed by atoms with Crippen molar-refractivity contribution in [2.75, 3.05) is 0 Å². The molecule has 1 aromatic heterocycles. The average Bonchev–Trinajstić information content (AvgIpc) is 2.17. The molecule has 0 aliphatic carbocycles. The summed E-state index contributed by atoms with van der Waals surface area (Å²) in [5.74, 6) is -6.26. The van der Waals surface area contributed by atoms with Crippen molar-refractivity contribution in [3.8, 4) is 5.75 Å². The van der Waals surface area contributed by atoms with E-state index in [1.54, 1.807) is 13.8 Å². The zero-order valence-electron chi connectivity index (χ0n) is 8.74. The second-order valence-corrected chi connectivity index (χ2v) is 3.41. The maximum absolute atomic E-state index is 12.9. The number of nitrogens with zero attached hydrogens (tertiary/aromatic N) is 1. The van der Waals surface area contributed by atoms with E-state index < -0.39 is 17.6 Å². The molecule has 0 spiro atoms. The van der Waals surface area contributed by atoms with Crippen LogP contribution in [0.15, 0.2) is 18.3 Å². The van der Waals surface area contributed by atoms with Gasteiger partial charge in [-0.15, -0.1) is 0 Å². The highest BCUT2D eigenvalue weighted by atomic mass is 19.3. The monoisotopic (exact) mass is 230 g/mol. The first-order chi connectivity index (χ1) is 7.34. The first-order valence-corrected chi connectivity index (χ1v) is 4.56. The lowest BCUT2D eigenvalue weighted by atomic mass is 10.2. The van der Waals surface area contributed by atoms with Gasteiger partial charge in [0.25, 0.3) is 0 Å². The summed E-state index contributed by atoms with van der Waals surface area (Å²) >= 11 is 0. The second kappa shape index (κ2) is 4.42. The summed E-state index contributed by atoms with van der Waals surface area (Å²) in [6.07, 6.45) is 0.931. The Bertz CT molecular complexity index is 376. The molecule has 1 heterocycles. The molecule has 16 heavy (non-hydrogen) atoms. The Morgan fingerprint density at radius 3 is 2.50 bits per heavy atom. The van der Waals surface area contributed by atoms with Crippen LogP contribution in [0.1, 0.15) is 19.5 Å². The van der Waals surface area contributed by atoms with Crippen LogP contribution in [0.2, 0.25) is 0 Å². The van der Waals surface area contributed by atoms with Crippen LogP contribution in [-0.2, 0) is 10.7 Å². The molecule has 1 aromatic rings. The van der Waals surface area contributed by atoms with Crippen LogP contribution in [0, 0.1) is 0 Å². The molecule has 4 nitrogen and oxygen atoms in total. The van der Waals surface area contributed by atoms with Crippen LogP contribution < -0.4 is 9.84 Å². The van der Waals surface area contributed by atoms with Gasteiger partial charge in [-0.05, 0) is 26.0 Å². The molecule has 0 saturated carbocycles. The number of aromatic nitrogens is 1. The highest BCUT2D eigenvalue weighted by Gasteiger charge is 2.35. The van der Waals surface area contributed by atoms with Gasteiger partial charge in [0, 0.05) is 0 Å². The minimum atomic E-state index is -4.09. The number of hydrogen-bond acceptors (Lipinski definition) is 4. The Balaban J connectivity index is 2.91. The van der Waals surface area contributed by atoms with Gasteiger partial charge in [0.05, 0.1) is 12.3 Å². The Morgan fingerprint density at radius 1 is 1.50 bits per heavy atom. The summed E-state index contributed by atoms with van der Waals surface area (Å²) < 4.78 is 31.0. The van der Waals surface area contributed by atoms with E-state index in [1.165, 1.54) is 6.07 Å². The van der Waals surface area contributed by atoms with E-state index in [2.05, 4.69) is 4.98 Å². The third-order valence-corrected chi connectivity index (χ3v) is 1.69. The Labute approximate surface area is 90.9 Å². The molecule has 0 aromatic carbocycles. The number of carboxylic acids is 1. The fourth-order valence-corrected chi connectivity index (χ4v) is 1.01. The van der Waals surface area contributed by atoms with Gasteiger partial charge in [0.1, 0.15) is 17.4 Å². The number of alkyl halides is 2. The summed E-state index contributed by atoms with van der Waals surface area (Å²) in [6.45, 7) is 3.54. The molecule has 6 heteroatoms. The van der Waals surface area contributed by atoms with Crippen LogP contribution in [0.3, 0.4) is 0 Å². The van der Waals surface area contributed by atoms with Crippen molar-refractivity contribution < 1.29 is 23.4 Å². The number of carbonyl (C=O) groups is 1. The number of aliphatic carboxylic acids is 1. The van der Waals surface area contributed by atoms with Gasteiger partial charge in [-0.1, -0.05) is 0 Å². The van der Waals surface area contributed by atoms with Crippen LogP contribution >= 0.6 is 0 Å². The Kier molecular flexibility index (Phi) is 3.41. The van der Waals surface area contributed by atoms with Crippen molar-refractivity contribution in [2.45, 2.75) is 25.9 Å². The van der Waals surface area contributed by atoms with Gasteiger partial charge < -0.3 is 14.6 Å². The molecule has 0 unspecified atom stereocenters. The summed E-state index contributed by atoms with van der Waals surface area (Å²) in [5, 5.41) is 10.2. The lowest BCUT2D eigenvalue weighted by Gasteiger charge is -2.17. The van der Waals surface area contributed by atoms with Crippen LogP contribution in [0.5, 0.6) is 5.75 Å². The molecular formula is C10H10F2NO3-. The van der Waals surface area contributed by atoms with E-state index in [-0.39, 0.29) is 6.10 Å². The summed E-state index contributed by atoms with van der Waals surface area (Å²) in [6, 6.07) is 2.13. The molecule has 0 fully saturated rings. The van der Waals surface area contributed by atoms with E-state index in [0.717, 1.165) is 12.3 Å². The second-order valence-electron chi connectivity index (χ2n) is 3.41. The largest absolute Gasteiger partial charge is 0.544 e. The number of ether oxygens (including phenoxy) is 1. The van der Waals surface area contributed by atoms with Crippen molar-refractivity contribution in [1.29, 1.82) is 0 Å². The van der Waals surface area contributed by atoms with Gasteiger partial charge in [0.2, 0.25) is 0 Å². The third kappa shape index (κ3) is 2.65. The van der Waals surface area contributed by atoms with Crippen LogP contribution in [0.25, 0.3) is 0 Å². The highest BCUT2D eigenvalue weighted by Crippen LogP contribution is 2.26. The highest BCUT2D eigenvalue weighted by molar-refractivity contribution is 5.74. The fourth-order valence-electron chi connectivity index (χ4n) is 1.01. The lowest BCUT2D eigenvalue weighted by molar-refractivity contribution is -0.331. The fraction of sp³-hybridized carbons (Fsp3) is 0.400. The van der Waals surface area contributed by atoms with Crippen LogP contribution in [-0.4, -0.2) is 17.1 Å². The molecule has 0 amide bonds. The van der Waals surface area contributed by atoms with Gasteiger partial charge >= 0.3 is 5.92 Å². The number of rotatable bonds is 4. The van der Waals surface area contributed by atoms with E-state index >= 15 is 0 Å². The quantitative estimate of drug-likeness (QED) is 0.764. The van der Waals surface area contributed by atoms with Crippen molar-refractivity contribution >= 4 is 5.97 Å². The SMILES string of the molecule is CC(C)Oc1ccc(C(F)(F)C(=O)[O-])nc1. The van der Waals surface area contributed by atoms with Gasteiger partial charge in [0.15, 0.2) is 0 Å². The average molecular weight is 230 g/mol. The van der Waals surface area contributed by atoms with Crippen molar-refractivity contribution in [3.05, 3.63) is 24.0 Å². The minimum Gasteiger partial charge on any atom is -0.544 e. The number of carboxylic acid groups (broad SMARTS) is 1. The van der Waals surface area contributed by atoms with E-state index in [9.17, 15) is 18.7 Å². The van der Waals surface area contributed by atoms with Crippen molar-refractivity contribution in [2.24, 2.45) is 0 Å². The molecule has 0 aliphatic rings. The van der Waals surface area contributed by atoms with E-state index in [1.807, 2.05) is 0 Å². The molecule has 0 radical (unpaired) electrons. The third-order valence-electron chi connectivity index (χ3n) is 1.69. The minimum absolute atomic E-state index is 0.116. The number of halogens is 2. The number of pyridine rings is 1. The van der Waals surface area contributed by atoms with E-state index in [0.29, 0.717) is 5.75 Å². The van der Waals surface area contributed by atoms with Crippen molar-refractivity contribution in [1.82, 2.24) is 4.98 Å². The predicted molar refractivity (Wildman–Crippen MR) is 48.9 cm³/mol. The lowest BCUT2D eigenvalue weighted by Crippen LogP contribution is -2.39. The normalized spacial score (nSPS) is 11.6. The first kappa shape index (κ1) is 12.4. The van der Waals surface area contributed by atoms with E-state index in [4.69, 9.17) is 4.74 Å². The van der Waals surface area contributed by atoms with Crippen molar-refractivity contribution in [3.63, 3.8) is 0 Å². The van der Waals surface area contributed by atoms with Crippen LogP contribution in [0.4, 0.5) is 8.78 Å². The maximum Gasteiger partial charge on any atom is 0.328 e. The molecule has 0 N–H and O–H groups in total. The topological polar surface area (TPSA) is 62.2 Å². The summed E-state index contributed by atoms with van der Waals surface area (Å²) in [4.78, 5) is 13.5. The Morgan fingerprint density at radius 2 is 2.12 bits per heavy atom. The molecule has 0 bridgehead atoms. The maximum atomic E-state index is 12.9. The molecule has 0 atom stereocenters. The smallest absolute Gasteiger partial charge is 0.328 e. The van der Waals surface area contributed by atoms with Gasteiger partial charge in [-0.2, -0.15) is 8.78 Å². The molecule has 1 rings (SSSR count). The summed E-state index contributed by atoms with van der Waals surface area (Å²) in [5.41, 5.74) is -0.872. The molecule has 88 valence electrons. The summed E-state index contributed by atoms with van der Waals surface area (Å²) in [7, 11) is 0. The zero-order valence-corrected chi connectivity index (χ0v) is 8.74. The first-order valence-electron chi connectivity index (χ1n) is 4.56. The molecular weight excluding hydrogens is 220 g/mol. The zero-order chi connectivity index (χ0) is 12.3. The number of hydrogen-bond donors (Lipinski definition) is 0. The van der Waals surface area contributed by atoms with Gasteiger partial charge in [-0.3, -0.25) is 4.98 Å². The molecule has 0 aliphatic heterocycles. The van der Waals surface area contributed by atoms with Gasteiger partial charge in [-0.25, -0.2) is 0 Å². The Hall–Kier alpha value is -1.72. The standard InChI is InChI=1S/C10H11F2NO3/c1-6(2)16-7-3-4-8(13-5-7)10(11,12)9(14)15/h3-6H,1-2H3,(H,14,15)/p-1. The predicted octanol–water partition coefficient (Wildman–Crippen LogP) is 0.710. The molecule has 0 saturated heterocycles. The number of carbonyl (C=O) groups excluding carboxylic acids is 1.